The quantitative estimate of drug-likeness (QED) is 0.493. The molecule has 0 saturated carbocycles. The van der Waals surface area contributed by atoms with Crippen LogP contribution in [0.1, 0.15) is 35.8 Å². The van der Waals surface area contributed by atoms with Crippen molar-refractivity contribution < 1.29 is 24.6 Å². The molecule has 2 atom stereocenters. The van der Waals surface area contributed by atoms with Crippen LogP contribution in [0.25, 0.3) is 5.70 Å². The molecule has 0 saturated heterocycles. The number of hydrogen-bond acceptors (Lipinski definition) is 5. The van der Waals surface area contributed by atoms with E-state index in [0.717, 1.165) is 38.4 Å². The molecule has 32 heavy (non-hydrogen) atoms. The van der Waals surface area contributed by atoms with Crippen molar-refractivity contribution in [1.29, 1.82) is 0 Å². The van der Waals surface area contributed by atoms with Crippen molar-refractivity contribution in [1.82, 2.24) is 5.32 Å². The molecule has 3 aromatic carbocycles. The molecule has 0 aromatic heterocycles. The molecule has 6 nitrogen and oxygen atoms in total. The average molecular weight is 496 g/mol. The number of benzene rings is 3. The van der Waals surface area contributed by atoms with Crippen LogP contribution in [0.2, 0.25) is 0 Å². The number of aromatic hydroxyl groups is 1. The van der Waals surface area contributed by atoms with Crippen LogP contribution in [-0.4, -0.2) is 18.5 Å². The van der Waals surface area contributed by atoms with E-state index >= 15 is 0 Å². The second kappa shape index (κ2) is 8.76. The van der Waals surface area contributed by atoms with E-state index in [1.54, 1.807) is 6.07 Å². The van der Waals surface area contributed by atoms with Gasteiger partial charge in [-0.05, 0) is 61.5 Å². The molecule has 0 spiro atoms. The first-order valence-corrected chi connectivity index (χ1v) is 11.3. The number of nitrogens with one attached hydrogen (secondary N) is 1. The maximum absolute atomic E-state index is 10.9. The van der Waals surface area contributed by atoms with E-state index in [0.29, 0.717) is 12.4 Å². The zero-order valence-corrected chi connectivity index (χ0v) is 19.1. The van der Waals surface area contributed by atoms with Crippen LogP contribution < -0.4 is 24.8 Å². The van der Waals surface area contributed by atoms with Crippen LogP contribution in [-0.2, 0) is 0 Å². The molecule has 0 aliphatic carbocycles. The van der Waals surface area contributed by atoms with Gasteiger partial charge in [0.25, 0.3) is 0 Å². The fraction of sp³-hybridized carbons (Fsp3) is 0.200. The molecule has 2 aliphatic rings. The molecular formula is C25H24BrN2O4+. The Hall–Kier alpha value is -3.16. The van der Waals surface area contributed by atoms with Gasteiger partial charge in [-0.1, -0.05) is 22.0 Å². The van der Waals surface area contributed by atoms with Crippen LogP contribution in [0.15, 0.2) is 71.2 Å². The fourth-order valence-electron chi connectivity index (χ4n) is 4.09. The predicted molar refractivity (Wildman–Crippen MR) is 125 cm³/mol. The lowest BCUT2D eigenvalue weighted by Crippen LogP contribution is -2.89. The van der Waals surface area contributed by atoms with Gasteiger partial charge in [0.05, 0.1) is 12.2 Å². The Bertz CT molecular complexity index is 1160. The number of ether oxygens (including phenoxy) is 3. The summed E-state index contributed by atoms with van der Waals surface area (Å²) >= 11 is 3.51. The molecule has 3 aromatic rings. The van der Waals surface area contributed by atoms with Gasteiger partial charge >= 0.3 is 0 Å². The predicted octanol–water partition coefficient (Wildman–Crippen LogP) is 4.23. The number of phenols is 1. The average Bonchev–Trinajstić information content (AvgIpc) is 3.29. The Kier molecular flexibility index (Phi) is 5.68. The monoisotopic (exact) mass is 495 g/mol. The van der Waals surface area contributed by atoms with Crippen LogP contribution in [0.4, 0.5) is 0 Å². The summed E-state index contributed by atoms with van der Waals surface area (Å²) < 4.78 is 17.7. The van der Waals surface area contributed by atoms with E-state index in [2.05, 4.69) is 44.8 Å². The van der Waals surface area contributed by atoms with Crippen LogP contribution in [0.5, 0.6) is 23.0 Å². The third kappa shape index (κ3) is 4.01. The highest BCUT2D eigenvalue weighted by atomic mass is 79.9. The molecule has 164 valence electrons. The summed E-state index contributed by atoms with van der Waals surface area (Å²) in [6.45, 7) is 2.64. The van der Waals surface area contributed by atoms with Gasteiger partial charge in [-0.2, -0.15) is 0 Å². The van der Waals surface area contributed by atoms with Crippen molar-refractivity contribution in [2.45, 2.75) is 19.1 Å². The lowest BCUT2D eigenvalue weighted by Gasteiger charge is -2.30. The van der Waals surface area contributed by atoms with Crippen LogP contribution in [0.3, 0.4) is 0 Å². The smallest absolute Gasteiger partial charge is 0.231 e. The summed E-state index contributed by atoms with van der Waals surface area (Å²) in [6, 6.07) is 19.7. The summed E-state index contributed by atoms with van der Waals surface area (Å²) in [6.07, 6.45) is 2.08. The maximum atomic E-state index is 10.9. The van der Waals surface area contributed by atoms with Gasteiger partial charge in [0.15, 0.2) is 29.2 Å². The minimum atomic E-state index is -0.120. The summed E-state index contributed by atoms with van der Waals surface area (Å²) in [5.74, 6) is 2.15. The van der Waals surface area contributed by atoms with Gasteiger partial charge in [-0.15, -0.1) is 0 Å². The Balaban J connectivity index is 1.56. The summed E-state index contributed by atoms with van der Waals surface area (Å²) in [5, 5.41) is 16.7. The molecular weight excluding hydrogens is 472 g/mol. The highest BCUT2D eigenvalue weighted by Gasteiger charge is 2.30. The number of phenolic OH excluding ortho intramolecular Hbond substituents is 1. The summed E-state index contributed by atoms with van der Waals surface area (Å²) in [4.78, 5) is 0. The topological polar surface area (TPSA) is 76.6 Å². The fourth-order valence-corrected chi connectivity index (χ4v) is 4.35. The summed E-state index contributed by atoms with van der Waals surface area (Å²) in [7, 11) is 0. The van der Waals surface area contributed by atoms with Gasteiger partial charge < -0.3 is 30.0 Å². The van der Waals surface area contributed by atoms with Crippen molar-refractivity contribution in [2.24, 2.45) is 0 Å². The largest absolute Gasteiger partial charge is 0.504 e. The van der Waals surface area contributed by atoms with Crippen molar-refractivity contribution in [3.8, 4) is 23.0 Å². The van der Waals surface area contributed by atoms with Gasteiger partial charge in [0, 0.05) is 27.4 Å². The molecule has 2 unspecified atom stereocenters. The molecule has 5 rings (SSSR count). The van der Waals surface area contributed by atoms with Gasteiger partial charge in [-0.25, -0.2) is 0 Å². The second-order valence-corrected chi connectivity index (χ2v) is 8.58. The van der Waals surface area contributed by atoms with Crippen molar-refractivity contribution >= 4 is 21.6 Å². The standard InChI is InChI=1S/C25H23BrN2O4/c1-2-30-22-5-3-4-18(24(22)29)20-13-19(16-8-11-21-23(12-16)32-14-31-21)27-25(28-20)15-6-9-17(26)10-7-15/h3-13,20,25,27-29H,2,14H2,1H3/p+1. The number of fused-ring (bicyclic) bond motifs is 1. The number of hydrogen-bond donors (Lipinski definition) is 3. The zero-order chi connectivity index (χ0) is 22.1. The lowest BCUT2D eigenvalue weighted by molar-refractivity contribution is -0.731. The lowest BCUT2D eigenvalue weighted by atomic mass is 9.97. The van der Waals surface area contributed by atoms with Crippen LogP contribution >= 0.6 is 15.9 Å². The van der Waals surface area contributed by atoms with E-state index < -0.39 is 0 Å². The van der Waals surface area contributed by atoms with Crippen LogP contribution in [0, 0.1) is 0 Å². The van der Waals surface area contributed by atoms with E-state index in [9.17, 15) is 5.11 Å². The Morgan fingerprint density at radius 2 is 1.91 bits per heavy atom. The molecule has 2 heterocycles. The minimum Gasteiger partial charge on any atom is -0.504 e. The normalized spacial score (nSPS) is 19.2. The van der Waals surface area contributed by atoms with E-state index in [4.69, 9.17) is 14.2 Å². The number of quaternary nitrogens is 1. The van der Waals surface area contributed by atoms with Crippen molar-refractivity contribution in [2.75, 3.05) is 13.4 Å². The molecule has 0 amide bonds. The number of halogens is 1. The first kappa shape index (κ1) is 20.7. The molecule has 0 fully saturated rings. The number of nitrogens with two attached hydrogens (primary N) is 1. The molecule has 7 heteroatoms. The molecule has 4 N–H and O–H groups in total. The number of para-hydroxylation sites is 1. The highest BCUT2D eigenvalue weighted by Crippen LogP contribution is 2.38. The van der Waals surface area contributed by atoms with Gasteiger partial charge in [-0.3, -0.25) is 0 Å². The molecule has 2 aliphatic heterocycles. The van der Waals surface area contributed by atoms with E-state index in [1.807, 2.05) is 49.4 Å². The first-order chi connectivity index (χ1) is 15.6. The first-order valence-electron chi connectivity index (χ1n) is 10.6. The third-order valence-corrected chi connectivity index (χ3v) is 6.19. The molecule has 0 radical (unpaired) electrons. The Labute approximate surface area is 195 Å². The van der Waals surface area contributed by atoms with Crippen molar-refractivity contribution in [3.63, 3.8) is 0 Å². The zero-order valence-electron chi connectivity index (χ0n) is 17.5. The summed E-state index contributed by atoms with van der Waals surface area (Å²) in [5.41, 5.74) is 3.89. The van der Waals surface area contributed by atoms with Crippen molar-refractivity contribution in [3.05, 3.63) is 87.9 Å². The third-order valence-electron chi connectivity index (χ3n) is 5.66. The number of rotatable bonds is 5. The SMILES string of the molecule is CCOc1cccc(C2C=C(c3ccc4c(c3)OCO4)NC(c3ccc(Br)cc3)[NH2+]2)c1O. The Morgan fingerprint density at radius 1 is 1.09 bits per heavy atom. The Morgan fingerprint density at radius 3 is 2.72 bits per heavy atom. The minimum absolute atomic E-state index is 0.0475. The highest BCUT2D eigenvalue weighted by molar-refractivity contribution is 9.10. The maximum Gasteiger partial charge on any atom is 0.231 e. The molecule has 0 bridgehead atoms. The second-order valence-electron chi connectivity index (χ2n) is 7.67. The van der Waals surface area contributed by atoms with E-state index in [-0.39, 0.29) is 24.8 Å². The van der Waals surface area contributed by atoms with Gasteiger partial charge in [0.1, 0.15) is 6.04 Å². The van der Waals surface area contributed by atoms with Gasteiger partial charge in [0.2, 0.25) is 6.79 Å². The van der Waals surface area contributed by atoms with E-state index in [1.165, 1.54) is 0 Å².